The van der Waals surface area contributed by atoms with Crippen molar-refractivity contribution >= 4 is 30.1 Å². The van der Waals surface area contributed by atoms with Gasteiger partial charge in [0.1, 0.15) is 0 Å². The van der Waals surface area contributed by atoms with Crippen LogP contribution in [0.15, 0.2) is 0 Å². The van der Waals surface area contributed by atoms with Crippen molar-refractivity contribution in [1.82, 2.24) is 9.36 Å². The molecule has 1 aromatic heterocycles. The van der Waals surface area contributed by atoms with Crippen molar-refractivity contribution in [3.8, 4) is 11.2 Å². The number of aromatic nitrogens is 2. The van der Waals surface area contributed by atoms with Gasteiger partial charge in [-0.3, -0.25) is 9.05 Å². The molecular weight excluding hydrogens is 283 g/mol. The molecule has 0 bridgehead atoms. The van der Waals surface area contributed by atoms with Crippen LogP contribution in [0.1, 0.15) is 20.8 Å². The number of hydrogen-bond donors (Lipinski definition) is 0. The first-order chi connectivity index (χ1) is 8.13. The molecule has 0 unspecified atom stereocenters. The summed E-state index contributed by atoms with van der Waals surface area (Å²) in [4.78, 5) is 4.01. The Morgan fingerprint density at radius 2 is 1.82 bits per heavy atom. The highest BCUT2D eigenvalue weighted by Crippen LogP contribution is 2.49. The third-order valence-electron chi connectivity index (χ3n) is 1.42. The molecule has 0 aliphatic heterocycles. The van der Waals surface area contributed by atoms with Crippen molar-refractivity contribution in [3.05, 3.63) is 0 Å². The van der Waals surface area contributed by atoms with Crippen LogP contribution in [0.3, 0.4) is 0 Å². The molecule has 1 heterocycles. The Labute approximate surface area is 110 Å². The van der Waals surface area contributed by atoms with E-state index in [2.05, 4.69) is 9.36 Å². The molecule has 0 saturated carbocycles. The lowest BCUT2D eigenvalue weighted by atomic mass is 10.9. The van der Waals surface area contributed by atoms with Gasteiger partial charge in [0, 0.05) is 23.3 Å². The fraction of sp³-hybridized carbons (Fsp3) is 0.750. The maximum atomic E-state index is 5.40. The molecule has 0 aliphatic rings. The van der Waals surface area contributed by atoms with Gasteiger partial charge in [0.15, 0.2) is 0 Å². The van der Waals surface area contributed by atoms with Crippen LogP contribution in [0, 0.1) is 0 Å². The molecule has 0 fully saturated rings. The Hall–Kier alpha value is -0.270. The summed E-state index contributed by atoms with van der Waals surface area (Å²) < 4.78 is 25.2. The molecule has 6 nitrogen and oxygen atoms in total. The molecule has 0 atom stereocenters. The van der Waals surface area contributed by atoms with Gasteiger partial charge in [0.25, 0.3) is 5.19 Å². The van der Waals surface area contributed by atoms with E-state index in [0.717, 1.165) is 11.5 Å². The van der Waals surface area contributed by atoms with Gasteiger partial charge in [0.05, 0.1) is 19.8 Å². The minimum Gasteiger partial charge on any atom is -0.469 e. The van der Waals surface area contributed by atoms with E-state index in [1.165, 1.54) is 0 Å². The lowest BCUT2D eigenvalue weighted by molar-refractivity contribution is 0.214. The van der Waals surface area contributed by atoms with Gasteiger partial charge in [-0.25, -0.2) is 0 Å². The van der Waals surface area contributed by atoms with E-state index in [9.17, 15) is 0 Å². The minimum atomic E-state index is -2.79. The summed E-state index contributed by atoms with van der Waals surface area (Å²) in [6, 6.07) is 0.142. The molecule has 1 aromatic rings. The van der Waals surface area contributed by atoms with E-state index < -0.39 is 6.72 Å². The van der Waals surface area contributed by atoms with Crippen molar-refractivity contribution < 1.29 is 18.3 Å². The predicted molar refractivity (Wildman–Crippen MR) is 69.2 cm³/mol. The molecule has 0 radical (unpaired) electrons. The van der Waals surface area contributed by atoms with Gasteiger partial charge in [-0.05, 0) is 20.8 Å². The Morgan fingerprint density at radius 3 is 2.35 bits per heavy atom. The van der Waals surface area contributed by atoms with Gasteiger partial charge in [-0.1, -0.05) is 0 Å². The van der Waals surface area contributed by atoms with Crippen LogP contribution in [0.25, 0.3) is 0 Å². The SMILES string of the molecule is CCOc1nc(OP(=S)(OCC)OCC)ns1. The summed E-state index contributed by atoms with van der Waals surface area (Å²) in [5, 5.41) is 0.442. The molecule has 0 aliphatic carbocycles. The monoisotopic (exact) mass is 298 g/mol. The fourth-order valence-corrected chi connectivity index (χ4v) is 3.43. The van der Waals surface area contributed by atoms with Gasteiger partial charge in [-0.2, -0.15) is 0 Å². The molecule has 17 heavy (non-hydrogen) atoms. The first kappa shape index (κ1) is 14.8. The zero-order chi connectivity index (χ0) is 12.7. The summed E-state index contributed by atoms with van der Waals surface area (Å²) in [7, 11) is 0. The van der Waals surface area contributed by atoms with E-state index in [1.807, 2.05) is 20.8 Å². The van der Waals surface area contributed by atoms with Gasteiger partial charge in [0.2, 0.25) is 0 Å². The third-order valence-corrected chi connectivity index (χ3v) is 4.43. The van der Waals surface area contributed by atoms with E-state index in [4.69, 9.17) is 30.1 Å². The van der Waals surface area contributed by atoms with E-state index >= 15 is 0 Å². The summed E-state index contributed by atoms with van der Waals surface area (Å²) >= 11 is 6.29. The molecule has 0 N–H and O–H groups in total. The van der Waals surface area contributed by atoms with Crippen molar-refractivity contribution in [2.75, 3.05) is 19.8 Å². The molecule has 0 saturated heterocycles. The maximum absolute atomic E-state index is 5.40. The Balaban J connectivity index is 2.68. The normalized spacial score (nSPS) is 11.5. The molecule has 0 spiro atoms. The topological polar surface area (TPSA) is 62.7 Å². The number of hydrogen-bond acceptors (Lipinski definition) is 8. The van der Waals surface area contributed by atoms with Gasteiger partial charge in [-0.15, -0.1) is 9.36 Å². The highest BCUT2D eigenvalue weighted by atomic mass is 32.5. The predicted octanol–water partition coefficient (Wildman–Crippen LogP) is 2.61. The molecule has 0 amide bonds. The third kappa shape index (κ3) is 4.85. The van der Waals surface area contributed by atoms with E-state index in [0.29, 0.717) is 25.0 Å². The Morgan fingerprint density at radius 1 is 1.18 bits per heavy atom. The maximum Gasteiger partial charge on any atom is 0.382 e. The van der Waals surface area contributed by atoms with Crippen LogP contribution in [0.5, 0.6) is 11.2 Å². The highest BCUT2D eigenvalue weighted by molar-refractivity contribution is 8.07. The number of nitrogens with zero attached hydrogens (tertiary/aromatic N) is 2. The lowest BCUT2D eigenvalue weighted by Gasteiger charge is -2.18. The van der Waals surface area contributed by atoms with Gasteiger partial charge >= 0.3 is 12.7 Å². The molecule has 1 rings (SSSR count). The summed E-state index contributed by atoms with van der Waals surface area (Å²) in [6.07, 6.45) is 0. The molecule has 98 valence electrons. The van der Waals surface area contributed by atoms with Crippen molar-refractivity contribution in [2.24, 2.45) is 0 Å². The van der Waals surface area contributed by atoms with Crippen LogP contribution in [0.2, 0.25) is 0 Å². The van der Waals surface area contributed by atoms with E-state index in [1.54, 1.807) is 0 Å². The Bertz CT molecular complexity index is 377. The van der Waals surface area contributed by atoms with Crippen LogP contribution in [0.4, 0.5) is 0 Å². The summed E-state index contributed by atoms with van der Waals surface area (Å²) in [5.74, 6) is 0. The largest absolute Gasteiger partial charge is 0.469 e. The smallest absolute Gasteiger partial charge is 0.382 e. The fourth-order valence-electron chi connectivity index (χ4n) is 0.922. The van der Waals surface area contributed by atoms with Crippen LogP contribution in [-0.4, -0.2) is 29.2 Å². The highest BCUT2D eigenvalue weighted by Gasteiger charge is 2.23. The quantitative estimate of drug-likeness (QED) is 0.683. The zero-order valence-corrected chi connectivity index (χ0v) is 12.4. The van der Waals surface area contributed by atoms with Crippen LogP contribution in [-0.2, 0) is 20.9 Å². The average molecular weight is 298 g/mol. The first-order valence-corrected chi connectivity index (χ1v) is 8.51. The minimum absolute atomic E-state index is 0.142. The van der Waals surface area contributed by atoms with E-state index in [-0.39, 0.29) is 6.01 Å². The number of ether oxygens (including phenoxy) is 1. The second-order valence-corrected chi connectivity index (χ2v) is 6.30. The Kier molecular flexibility index (Phi) is 6.29. The van der Waals surface area contributed by atoms with Crippen molar-refractivity contribution in [1.29, 1.82) is 0 Å². The van der Waals surface area contributed by atoms with Gasteiger partial charge < -0.3 is 9.26 Å². The summed E-state index contributed by atoms with van der Waals surface area (Å²) in [5.41, 5.74) is 0. The second kappa shape index (κ2) is 7.23. The molecule has 9 heteroatoms. The molecular formula is C8H15N2O4PS2. The summed E-state index contributed by atoms with van der Waals surface area (Å²) in [6.45, 7) is 4.09. The second-order valence-electron chi connectivity index (χ2n) is 2.65. The lowest BCUT2D eigenvalue weighted by Crippen LogP contribution is -2.02. The number of rotatable bonds is 8. The molecule has 0 aromatic carbocycles. The first-order valence-electron chi connectivity index (χ1n) is 5.18. The van der Waals surface area contributed by atoms with Crippen molar-refractivity contribution in [2.45, 2.75) is 20.8 Å². The standard InChI is InChI=1S/C8H15N2O4PS2/c1-4-11-8-9-7(10-17-8)14-15(16,12-5-2)13-6-3/h4-6H2,1-3H3. The van der Waals surface area contributed by atoms with Crippen LogP contribution >= 0.6 is 18.3 Å². The average Bonchev–Trinajstić information content (AvgIpc) is 2.66. The zero-order valence-electron chi connectivity index (χ0n) is 9.91. The van der Waals surface area contributed by atoms with Crippen molar-refractivity contribution in [3.63, 3.8) is 0 Å². The van der Waals surface area contributed by atoms with Crippen LogP contribution < -0.4 is 9.26 Å².